The molecule has 0 aromatic rings. The summed E-state index contributed by atoms with van der Waals surface area (Å²) in [4.78, 5) is 13.6. The minimum absolute atomic E-state index is 0.145. The van der Waals surface area contributed by atoms with E-state index in [0.717, 1.165) is 25.8 Å². The fourth-order valence-electron chi connectivity index (χ4n) is 1.43. The fraction of sp³-hybridized carbons (Fsp3) is 0.909. The van der Waals surface area contributed by atoms with E-state index in [1.165, 1.54) is 0 Å². The fourth-order valence-corrected chi connectivity index (χ4v) is 1.53. The van der Waals surface area contributed by atoms with Gasteiger partial charge in [-0.3, -0.25) is 4.79 Å². The van der Waals surface area contributed by atoms with E-state index in [1.807, 2.05) is 14.0 Å². The van der Waals surface area contributed by atoms with Gasteiger partial charge in [0.2, 0.25) is 5.91 Å². The SMILES string of the molecule is CCC(CC)C(=O)N(C)CCC(C)Cl. The Morgan fingerprint density at radius 3 is 2.21 bits per heavy atom. The zero-order chi connectivity index (χ0) is 11.1. The number of alkyl halides is 1. The third-order valence-electron chi connectivity index (χ3n) is 2.57. The lowest BCUT2D eigenvalue weighted by molar-refractivity contribution is -0.134. The molecular formula is C11H22ClNO. The molecule has 0 spiro atoms. The molecule has 1 atom stereocenters. The van der Waals surface area contributed by atoms with Crippen LogP contribution in [0.5, 0.6) is 0 Å². The first-order valence-electron chi connectivity index (χ1n) is 5.41. The maximum Gasteiger partial charge on any atom is 0.225 e. The van der Waals surface area contributed by atoms with Crippen molar-refractivity contribution in [1.29, 1.82) is 0 Å². The van der Waals surface area contributed by atoms with Gasteiger partial charge in [0.05, 0.1) is 0 Å². The highest BCUT2D eigenvalue weighted by Gasteiger charge is 2.18. The minimum atomic E-state index is 0.145. The second kappa shape index (κ2) is 7.10. The van der Waals surface area contributed by atoms with Crippen molar-refractivity contribution in [3.05, 3.63) is 0 Å². The van der Waals surface area contributed by atoms with Gasteiger partial charge in [-0.05, 0) is 26.2 Å². The molecule has 0 aliphatic carbocycles. The number of carbonyl (C=O) groups is 1. The molecule has 84 valence electrons. The van der Waals surface area contributed by atoms with Gasteiger partial charge in [0.15, 0.2) is 0 Å². The first kappa shape index (κ1) is 13.8. The van der Waals surface area contributed by atoms with Gasteiger partial charge in [0, 0.05) is 24.9 Å². The molecule has 0 aromatic carbocycles. The molecule has 0 heterocycles. The van der Waals surface area contributed by atoms with Crippen LogP contribution in [0.15, 0.2) is 0 Å². The molecular weight excluding hydrogens is 198 g/mol. The molecule has 0 N–H and O–H groups in total. The molecule has 1 unspecified atom stereocenters. The van der Waals surface area contributed by atoms with Gasteiger partial charge in [0.1, 0.15) is 0 Å². The van der Waals surface area contributed by atoms with Crippen LogP contribution in [0.4, 0.5) is 0 Å². The topological polar surface area (TPSA) is 20.3 Å². The minimum Gasteiger partial charge on any atom is -0.345 e. The van der Waals surface area contributed by atoms with E-state index in [2.05, 4.69) is 13.8 Å². The summed E-state index contributed by atoms with van der Waals surface area (Å²) in [6.07, 6.45) is 2.72. The van der Waals surface area contributed by atoms with Crippen molar-refractivity contribution >= 4 is 17.5 Å². The monoisotopic (exact) mass is 219 g/mol. The molecule has 1 amide bonds. The van der Waals surface area contributed by atoms with E-state index in [-0.39, 0.29) is 17.2 Å². The maximum atomic E-state index is 11.8. The Kier molecular flexibility index (Phi) is 6.98. The Labute approximate surface area is 92.6 Å². The number of amides is 1. The van der Waals surface area contributed by atoms with Crippen LogP contribution in [-0.4, -0.2) is 29.8 Å². The summed E-state index contributed by atoms with van der Waals surface area (Å²) in [5.41, 5.74) is 0. The Morgan fingerprint density at radius 2 is 1.86 bits per heavy atom. The molecule has 0 aliphatic heterocycles. The molecule has 0 fully saturated rings. The smallest absolute Gasteiger partial charge is 0.225 e. The summed E-state index contributed by atoms with van der Waals surface area (Å²) < 4.78 is 0. The molecule has 0 aliphatic rings. The predicted molar refractivity (Wildman–Crippen MR) is 61.6 cm³/mol. The van der Waals surface area contributed by atoms with Crippen LogP contribution in [-0.2, 0) is 4.79 Å². The van der Waals surface area contributed by atoms with Gasteiger partial charge in [-0.15, -0.1) is 11.6 Å². The first-order chi connectivity index (χ1) is 6.52. The molecule has 0 saturated carbocycles. The molecule has 2 nitrogen and oxygen atoms in total. The van der Waals surface area contributed by atoms with Crippen LogP contribution in [0.1, 0.15) is 40.0 Å². The lowest BCUT2D eigenvalue weighted by atomic mass is 10.0. The Balaban J connectivity index is 3.97. The molecule has 14 heavy (non-hydrogen) atoms. The Bertz CT molecular complexity index is 167. The number of hydrogen-bond acceptors (Lipinski definition) is 1. The van der Waals surface area contributed by atoms with E-state index in [4.69, 9.17) is 11.6 Å². The van der Waals surface area contributed by atoms with Gasteiger partial charge >= 0.3 is 0 Å². The largest absolute Gasteiger partial charge is 0.345 e. The van der Waals surface area contributed by atoms with Crippen molar-refractivity contribution in [2.45, 2.75) is 45.4 Å². The van der Waals surface area contributed by atoms with Gasteiger partial charge < -0.3 is 4.90 Å². The van der Waals surface area contributed by atoms with E-state index < -0.39 is 0 Å². The second-order valence-electron chi connectivity index (χ2n) is 3.84. The zero-order valence-corrected chi connectivity index (χ0v) is 10.5. The predicted octanol–water partition coefficient (Wildman–Crippen LogP) is 2.90. The van der Waals surface area contributed by atoms with Crippen molar-refractivity contribution in [2.75, 3.05) is 13.6 Å². The van der Waals surface area contributed by atoms with Crippen LogP contribution in [0.2, 0.25) is 0 Å². The van der Waals surface area contributed by atoms with Crippen molar-refractivity contribution in [2.24, 2.45) is 5.92 Å². The van der Waals surface area contributed by atoms with Gasteiger partial charge in [0.25, 0.3) is 0 Å². The van der Waals surface area contributed by atoms with Crippen molar-refractivity contribution in [3.8, 4) is 0 Å². The van der Waals surface area contributed by atoms with Crippen molar-refractivity contribution < 1.29 is 4.79 Å². The molecule has 0 rings (SSSR count). The number of nitrogens with zero attached hydrogens (tertiary/aromatic N) is 1. The maximum absolute atomic E-state index is 11.8. The summed E-state index contributed by atoms with van der Waals surface area (Å²) in [5.74, 6) is 0.443. The quantitative estimate of drug-likeness (QED) is 0.630. The van der Waals surface area contributed by atoms with Crippen LogP contribution >= 0.6 is 11.6 Å². The average Bonchev–Trinajstić information content (AvgIpc) is 2.15. The van der Waals surface area contributed by atoms with E-state index in [0.29, 0.717) is 0 Å². The average molecular weight is 220 g/mol. The van der Waals surface area contributed by atoms with Gasteiger partial charge in [-0.2, -0.15) is 0 Å². The highest BCUT2D eigenvalue weighted by molar-refractivity contribution is 6.20. The van der Waals surface area contributed by atoms with Crippen molar-refractivity contribution in [1.82, 2.24) is 4.90 Å². The second-order valence-corrected chi connectivity index (χ2v) is 4.59. The molecule has 3 heteroatoms. The van der Waals surface area contributed by atoms with E-state index >= 15 is 0 Å². The lowest BCUT2D eigenvalue weighted by Crippen LogP contribution is -2.33. The summed E-state index contributed by atoms with van der Waals surface area (Å²) in [5, 5.41) is 0.145. The lowest BCUT2D eigenvalue weighted by Gasteiger charge is -2.22. The zero-order valence-electron chi connectivity index (χ0n) is 9.72. The molecule has 0 bridgehead atoms. The number of rotatable bonds is 6. The van der Waals surface area contributed by atoms with Crippen molar-refractivity contribution in [3.63, 3.8) is 0 Å². The first-order valence-corrected chi connectivity index (χ1v) is 5.85. The van der Waals surface area contributed by atoms with E-state index in [9.17, 15) is 4.79 Å². The Morgan fingerprint density at radius 1 is 1.36 bits per heavy atom. The molecule has 0 saturated heterocycles. The summed E-state index contributed by atoms with van der Waals surface area (Å²) >= 11 is 5.84. The van der Waals surface area contributed by atoms with Gasteiger partial charge in [-0.25, -0.2) is 0 Å². The highest BCUT2D eigenvalue weighted by atomic mass is 35.5. The van der Waals surface area contributed by atoms with Crippen LogP contribution < -0.4 is 0 Å². The number of hydrogen-bond donors (Lipinski definition) is 0. The number of halogens is 1. The normalized spacial score (nSPS) is 13.0. The highest BCUT2D eigenvalue weighted by Crippen LogP contribution is 2.12. The van der Waals surface area contributed by atoms with E-state index in [1.54, 1.807) is 4.90 Å². The molecule has 0 aromatic heterocycles. The third-order valence-corrected chi connectivity index (χ3v) is 2.79. The van der Waals surface area contributed by atoms with Crippen LogP contribution in [0, 0.1) is 5.92 Å². The summed E-state index contributed by atoms with van der Waals surface area (Å²) in [6.45, 7) is 6.84. The van der Waals surface area contributed by atoms with Gasteiger partial charge in [-0.1, -0.05) is 13.8 Å². The molecule has 0 radical (unpaired) electrons. The summed E-state index contributed by atoms with van der Waals surface area (Å²) in [6, 6.07) is 0. The standard InChI is InChI=1S/C11H22ClNO/c1-5-10(6-2)11(14)13(4)8-7-9(3)12/h9-10H,5-8H2,1-4H3. The van der Waals surface area contributed by atoms with Crippen LogP contribution in [0.3, 0.4) is 0 Å². The Hall–Kier alpha value is -0.240. The summed E-state index contributed by atoms with van der Waals surface area (Å²) in [7, 11) is 1.86. The third kappa shape index (κ3) is 4.85. The van der Waals surface area contributed by atoms with Crippen LogP contribution in [0.25, 0.3) is 0 Å². The number of carbonyl (C=O) groups excluding carboxylic acids is 1.